The summed E-state index contributed by atoms with van der Waals surface area (Å²) in [5, 5.41) is 23.6. The highest BCUT2D eigenvalue weighted by molar-refractivity contribution is 6.32. The van der Waals surface area contributed by atoms with Gasteiger partial charge in [0.05, 0.1) is 16.5 Å². The summed E-state index contributed by atoms with van der Waals surface area (Å²) >= 11 is 6.59. The number of nitrogens with one attached hydrogen (secondary N) is 1. The summed E-state index contributed by atoms with van der Waals surface area (Å²) in [6, 6.07) is 15.0. The number of carbonyl (C=O) groups is 2. The van der Waals surface area contributed by atoms with Crippen LogP contribution in [0.3, 0.4) is 0 Å². The van der Waals surface area contributed by atoms with Crippen LogP contribution in [0.5, 0.6) is 5.75 Å². The third-order valence-electron chi connectivity index (χ3n) is 7.16. The molecule has 2 amide bonds. The Kier molecular flexibility index (Phi) is 8.19. The zero-order valence-electron chi connectivity index (χ0n) is 19.8. The molecule has 0 aromatic heterocycles. The van der Waals surface area contributed by atoms with Gasteiger partial charge in [0.1, 0.15) is 12.4 Å². The predicted octanol–water partition coefficient (Wildman–Crippen LogP) is 4.96. The van der Waals surface area contributed by atoms with Crippen LogP contribution in [-0.2, 0) is 11.4 Å². The lowest BCUT2D eigenvalue weighted by molar-refractivity contribution is -0.142. The summed E-state index contributed by atoms with van der Waals surface area (Å²) in [5.74, 6) is -0.327. The molecule has 0 radical (unpaired) electrons. The summed E-state index contributed by atoms with van der Waals surface area (Å²) < 4.78 is 5.90. The molecule has 4 rings (SSSR count). The predicted molar refractivity (Wildman–Crippen MR) is 134 cm³/mol. The van der Waals surface area contributed by atoms with Crippen LogP contribution in [-0.4, -0.2) is 51.8 Å². The van der Waals surface area contributed by atoms with Gasteiger partial charge in [-0.2, -0.15) is 0 Å². The number of piperidine rings is 1. The van der Waals surface area contributed by atoms with E-state index in [4.69, 9.17) is 21.4 Å². The fraction of sp³-hybridized carbons (Fsp3) is 0.481. The molecule has 2 aromatic rings. The molecule has 1 atom stereocenters. The van der Waals surface area contributed by atoms with Crippen molar-refractivity contribution in [2.45, 2.75) is 69.1 Å². The summed E-state index contributed by atoms with van der Waals surface area (Å²) in [5.41, 5.74) is 0.571. The number of hydrogen-bond acceptors (Lipinski definition) is 4. The van der Waals surface area contributed by atoms with Crippen molar-refractivity contribution in [2.75, 3.05) is 13.1 Å². The summed E-state index contributed by atoms with van der Waals surface area (Å²) in [7, 11) is 0. The number of hydrogen-bond donors (Lipinski definition) is 3. The Labute approximate surface area is 211 Å². The van der Waals surface area contributed by atoms with Gasteiger partial charge >= 0.3 is 6.09 Å². The van der Waals surface area contributed by atoms with Gasteiger partial charge in [0.25, 0.3) is 0 Å². The van der Waals surface area contributed by atoms with E-state index in [-0.39, 0.29) is 11.9 Å². The molecular formula is C27H33ClN2O5. The van der Waals surface area contributed by atoms with Gasteiger partial charge in [-0.3, -0.25) is 4.79 Å². The molecule has 0 bridgehead atoms. The van der Waals surface area contributed by atoms with Crippen molar-refractivity contribution in [3.8, 4) is 5.75 Å². The molecule has 1 saturated heterocycles. The van der Waals surface area contributed by atoms with Crippen LogP contribution >= 0.6 is 11.6 Å². The number of carboxylic acid groups (broad SMARTS) is 1. The van der Waals surface area contributed by atoms with Crippen molar-refractivity contribution < 1.29 is 24.5 Å². The number of likely N-dealkylation sites (tertiary alicyclic amines) is 1. The zero-order chi connectivity index (χ0) is 24.8. The highest BCUT2D eigenvalue weighted by atomic mass is 35.5. The number of benzene rings is 2. The molecular weight excluding hydrogens is 468 g/mol. The highest BCUT2D eigenvalue weighted by Gasteiger charge is 2.45. The molecule has 2 aromatic carbocycles. The van der Waals surface area contributed by atoms with Crippen LogP contribution in [0, 0.1) is 0 Å². The Balaban J connectivity index is 1.53. The van der Waals surface area contributed by atoms with Crippen LogP contribution in [0.1, 0.15) is 62.0 Å². The lowest BCUT2D eigenvalue weighted by Crippen LogP contribution is -2.52. The van der Waals surface area contributed by atoms with Gasteiger partial charge in [-0.25, -0.2) is 4.79 Å². The number of carbonyl (C=O) groups excluding carboxylic acids is 1. The minimum atomic E-state index is -1.14. The lowest BCUT2D eigenvalue weighted by Gasteiger charge is -2.42. The molecule has 188 valence electrons. The Bertz CT molecular complexity index is 1020. The van der Waals surface area contributed by atoms with Gasteiger partial charge in [-0.15, -0.1) is 0 Å². The van der Waals surface area contributed by atoms with Gasteiger partial charge in [0, 0.05) is 19.1 Å². The molecule has 1 saturated carbocycles. The van der Waals surface area contributed by atoms with Gasteiger partial charge in [-0.1, -0.05) is 67.3 Å². The fourth-order valence-corrected chi connectivity index (χ4v) is 5.53. The van der Waals surface area contributed by atoms with E-state index in [1.165, 1.54) is 0 Å². The van der Waals surface area contributed by atoms with Crippen molar-refractivity contribution in [1.82, 2.24) is 10.2 Å². The van der Waals surface area contributed by atoms with E-state index in [2.05, 4.69) is 5.32 Å². The van der Waals surface area contributed by atoms with Crippen LogP contribution < -0.4 is 10.1 Å². The smallest absolute Gasteiger partial charge is 0.404 e. The number of ether oxygens (including phenoxy) is 1. The van der Waals surface area contributed by atoms with Gasteiger partial charge in [0.15, 0.2) is 0 Å². The second kappa shape index (κ2) is 11.3. The second-order valence-corrected chi connectivity index (χ2v) is 10.0. The van der Waals surface area contributed by atoms with E-state index in [1.54, 1.807) is 17.0 Å². The Hall–Kier alpha value is -2.77. The topological polar surface area (TPSA) is 99.1 Å². The number of rotatable bonds is 7. The summed E-state index contributed by atoms with van der Waals surface area (Å²) in [6.07, 6.45) is 3.96. The third kappa shape index (κ3) is 6.27. The molecule has 35 heavy (non-hydrogen) atoms. The zero-order valence-corrected chi connectivity index (χ0v) is 20.5. The Morgan fingerprint density at radius 3 is 2.40 bits per heavy atom. The maximum atomic E-state index is 13.8. The fourth-order valence-electron chi connectivity index (χ4n) is 5.29. The Morgan fingerprint density at radius 2 is 1.77 bits per heavy atom. The van der Waals surface area contributed by atoms with Crippen molar-refractivity contribution in [1.29, 1.82) is 0 Å². The number of nitrogens with zero attached hydrogens (tertiary/aromatic N) is 1. The van der Waals surface area contributed by atoms with Crippen molar-refractivity contribution >= 4 is 23.6 Å². The maximum Gasteiger partial charge on any atom is 0.404 e. The van der Waals surface area contributed by atoms with Crippen LogP contribution in [0.15, 0.2) is 48.5 Å². The minimum absolute atomic E-state index is 0.128. The second-order valence-electron chi connectivity index (χ2n) is 9.61. The standard InChI is InChI=1S/C27H33ClN2O5/c28-22-17-20(9-10-23(22)35-18-19-7-3-1-4-8-19)24(27(34)13-5-2-6-14-27)25(31)30-15-11-21(12-16-30)29-26(32)33/h1,3-4,7-10,17,21,24,29,34H,2,5-6,11-16,18H2,(H,32,33). The molecule has 3 N–H and O–H groups in total. The first-order valence-corrected chi connectivity index (χ1v) is 12.7. The molecule has 1 aliphatic heterocycles. The summed E-state index contributed by atoms with van der Waals surface area (Å²) in [6.45, 7) is 1.27. The summed E-state index contributed by atoms with van der Waals surface area (Å²) in [4.78, 5) is 26.5. The van der Waals surface area contributed by atoms with E-state index in [9.17, 15) is 14.7 Å². The average molecular weight is 501 g/mol. The number of amides is 2. The first-order valence-electron chi connectivity index (χ1n) is 12.3. The molecule has 7 nitrogen and oxygen atoms in total. The first-order chi connectivity index (χ1) is 16.9. The molecule has 2 aliphatic rings. The van der Waals surface area contributed by atoms with Gasteiger partial charge in [-0.05, 0) is 48.9 Å². The van der Waals surface area contributed by atoms with E-state index >= 15 is 0 Å². The molecule has 8 heteroatoms. The monoisotopic (exact) mass is 500 g/mol. The Morgan fingerprint density at radius 1 is 1.09 bits per heavy atom. The van der Waals surface area contributed by atoms with E-state index in [0.717, 1.165) is 24.8 Å². The van der Waals surface area contributed by atoms with Crippen LogP contribution in [0.25, 0.3) is 0 Å². The average Bonchev–Trinajstić information content (AvgIpc) is 2.84. The maximum absolute atomic E-state index is 13.8. The van der Waals surface area contributed by atoms with Gasteiger partial charge in [0.2, 0.25) is 5.91 Å². The molecule has 1 aliphatic carbocycles. The van der Waals surface area contributed by atoms with E-state index < -0.39 is 17.6 Å². The highest BCUT2D eigenvalue weighted by Crippen LogP contribution is 2.43. The lowest BCUT2D eigenvalue weighted by atomic mass is 9.72. The van der Waals surface area contributed by atoms with E-state index in [0.29, 0.717) is 61.7 Å². The van der Waals surface area contributed by atoms with Crippen molar-refractivity contribution in [3.63, 3.8) is 0 Å². The molecule has 2 fully saturated rings. The van der Waals surface area contributed by atoms with Crippen LogP contribution in [0.4, 0.5) is 4.79 Å². The van der Waals surface area contributed by atoms with Crippen molar-refractivity contribution in [3.05, 3.63) is 64.7 Å². The van der Waals surface area contributed by atoms with Crippen LogP contribution in [0.2, 0.25) is 5.02 Å². The largest absolute Gasteiger partial charge is 0.487 e. The third-order valence-corrected chi connectivity index (χ3v) is 7.46. The molecule has 0 spiro atoms. The minimum Gasteiger partial charge on any atom is -0.487 e. The SMILES string of the molecule is O=C(O)NC1CCN(C(=O)C(c2ccc(OCc3ccccc3)c(Cl)c2)C2(O)CCCCC2)CC1. The quantitative estimate of drug-likeness (QED) is 0.499. The molecule has 1 unspecified atom stereocenters. The number of aliphatic hydroxyl groups is 1. The normalized spacial score (nSPS) is 19.1. The number of halogens is 1. The van der Waals surface area contributed by atoms with Gasteiger partial charge < -0.3 is 25.2 Å². The van der Waals surface area contributed by atoms with E-state index in [1.807, 2.05) is 36.4 Å². The molecule has 1 heterocycles. The first kappa shape index (κ1) is 25.3. The van der Waals surface area contributed by atoms with Crippen molar-refractivity contribution in [2.24, 2.45) is 0 Å².